The molecule has 0 unspecified atom stereocenters. The van der Waals surface area contributed by atoms with Gasteiger partial charge >= 0.3 is 0 Å². The maximum atomic E-state index is 13.2. The number of aromatic nitrogens is 2. The van der Waals surface area contributed by atoms with E-state index in [0.717, 1.165) is 53.5 Å². The summed E-state index contributed by atoms with van der Waals surface area (Å²) < 4.78 is 0. The molecule has 5 nitrogen and oxygen atoms in total. The number of carbonyl (C=O) groups is 1. The summed E-state index contributed by atoms with van der Waals surface area (Å²) in [5.74, 6) is 1.91. The van der Waals surface area contributed by atoms with Gasteiger partial charge in [-0.25, -0.2) is 9.97 Å². The molecule has 0 aliphatic carbocycles. The van der Waals surface area contributed by atoms with E-state index in [4.69, 9.17) is 9.97 Å². The number of hydrogen-bond donors (Lipinski definition) is 0. The van der Waals surface area contributed by atoms with Crippen molar-refractivity contribution < 1.29 is 4.79 Å². The SMILES string of the molecule is CC[C@@H](C(=O)N1CCN(c2nc(-c3cccc(C)c3)nc(C)c2C)CC1)c1ccccc1. The lowest BCUT2D eigenvalue weighted by molar-refractivity contribution is -0.133. The van der Waals surface area contributed by atoms with Crippen molar-refractivity contribution in [3.05, 3.63) is 77.0 Å². The van der Waals surface area contributed by atoms with Crippen molar-refractivity contribution in [3.8, 4) is 11.4 Å². The molecular weight excluding hydrogens is 396 g/mol. The molecule has 1 amide bonds. The van der Waals surface area contributed by atoms with Crippen molar-refractivity contribution >= 4 is 11.7 Å². The van der Waals surface area contributed by atoms with Crippen LogP contribution in [0.4, 0.5) is 5.82 Å². The molecule has 0 radical (unpaired) electrons. The van der Waals surface area contributed by atoms with Gasteiger partial charge in [0.25, 0.3) is 0 Å². The molecule has 166 valence electrons. The molecule has 3 aromatic rings. The van der Waals surface area contributed by atoms with Crippen LogP contribution in [-0.4, -0.2) is 47.0 Å². The molecule has 1 aliphatic rings. The fraction of sp³-hybridized carbons (Fsp3) is 0.370. The Morgan fingerprint density at radius 3 is 2.31 bits per heavy atom. The quantitative estimate of drug-likeness (QED) is 0.579. The van der Waals surface area contributed by atoms with Crippen LogP contribution in [0.2, 0.25) is 0 Å². The molecule has 32 heavy (non-hydrogen) atoms. The molecule has 0 bridgehead atoms. The van der Waals surface area contributed by atoms with Crippen LogP contribution in [0.15, 0.2) is 54.6 Å². The van der Waals surface area contributed by atoms with Crippen LogP contribution in [0, 0.1) is 20.8 Å². The number of anilines is 1. The van der Waals surface area contributed by atoms with Gasteiger partial charge in [-0.3, -0.25) is 4.79 Å². The molecule has 1 atom stereocenters. The summed E-state index contributed by atoms with van der Waals surface area (Å²) in [7, 11) is 0. The Balaban J connectivity index is 1.51. The summed E-state index contributed by atoms with van der Waals surface area (Å²) in [6.07, 6.45) is 0.813. The first-order chi connectivity index (χ1) is 15.5. The minimum absolute atomic E-state index is 0.0706. The molecule has 1 fully saturated rings. The number of amides is 1. The van der Waals surface area contributed by atoms with E-state index in [0.29, 0.717) is 13.1 Å². The van der Waals surface area contributed by atoms with Crippen LogP contribution in [0.25, 0.3) is 11.4 Å². The van der Waals surface area contributed by atoms with E-state index in [1.165, 1.54) is 5.56 Å². The van der Waals surface area contributed by atoms with E-state index in [2.05, 4.69) is 56.0 Å². The van der Waals surface area contributed by atoms with Gasteiger partial charge in [-0.2, -0.15) is 0 Å². The Morgan fingerprint density at radius 2 is 1.66 bits per heavy atom. The lowest BCUT2D eigenvalue weighted by atomic mass is 9.95. The monoisotopic (exact) mass is 428 g/mol. The Kier molecular flexibility index (Phi) is 6.54. The Hall–Kier alpha value is -3.21. The molecule has 0 N–H and O–H groups in total. The predicted molar refractivity (Wildman–Crippen MR) is 130 cm³/mol. The van der Waals surface area contributed by atoms with Gasteiger partial charge in [0, 0.05) is 43.0 Å². The van der Waals surface area contributed by atoms with E-state index in [9.17, 15) is 4.79 Å². The van der Waals surface area contributed by atoms with E-state index >= 15 is 0 Å². The number of benzene rings is 2. The van der Waals surface area contributed by atoms with Crippen LogP contribution in [0.5, 0.6) is 0 Å². The highest BCUT2D eigenvalue weighted by atomic mass is 16.2. The number of aryl methyl sites for hydroxylation is 2. The zero-order valence-corrected chi connectivity index (χ0v) is 19.5. The van der Waals surface area contributed by atoms with Gasteiger partial charge in [-0.05, 0) is 38.8 Å². The smallest absolute Gasteiger partial charge is 0.230 e. The van der Waals surface area contributed by atoms with Crippen molar-refractivity contribution in [1.82, 2.24) is 14.9 Å². The van der Waals surface area contributed by atoms with Gasteiger partial charge in [0.2, 0.25) is 5.91 Å². The predicted octanol–water partition coefficient (Wildman–Crippen LogP) is 4.91. The van der Waals surface area contributed by atoms with Gasteiger partial charge in [0.05, 0.1) is 5.92 Å². The third kappa shape index (κ3) is 4.52. The Labute approximate surface area is 191 Å². The lowest BCUT2D eigenvalue weighted by Crippen LogP contribution is -2.50. The number of piperazine rings is 1. The fourth-order valence-corrected chi connectivity index (χ4v) is 4.43. The average Bonchev–Trinajstić information content (AvgIpc) is 2.82. The molecule has 0 spiro atoms. The van der Waals surface area contributed by atoms with E-state index < -0.39 is 0 Å². The first-order valence-electron chi connectivity index (χ1n) is 11.5. The summed E-state index contributed by atoms with van der Waals surface area (Å²) in [6.45, 7) is 11.3. The van der Waals surface area contributed by atoms with Crippen LogP contribution in [-0.2, 0) is 4.79 Å². The van der Waals surface area contributed by atoms with Gasteiger partial charge in [-0.15, -0.1) is 0 Å². The van der Waals surface area contributed by atoms with Crippen molar-refractivity contribution in [2.24, 2.45) is 0 Å². The van der Waals surface area contributed by atoms with Gasteiger partial charge in [0.1, 0.15) is 5.82 Å². The zero-order valence-electron chi connectivity index (χ0n) is 19.5. The standard InChI is InChI=1S/C27H32N4O/c1-5-24(22-11-7-6-8-12-22)27(32)31-16-14-30(15-17-31)26-20(3)21(4)28-25(29-26)23-13-9-10-19(2)18-23/h6-13,18,24H,5,14-17H2,1-4H3/t24-/m1/s1. The maximum Gasteiger partial charge on any atom is 0.230 e. The van der Waals surface area contributed by atoms with Crippen LogP contribution < -0.4 is 4.90 Å². The van der Waals surface area contributed by atoms with Crippen LogP contribution in [0.3, 0.4) is 0 Å². The molecular formula is C27H32N4O. The third-order valence-electron chi connectivity index (χ3n) is 6.44. The second-order valence-corrected chi connectivity index (χ2v) is 8.63. The number of hydrogen-bond acceptors (Lipinski definition) is 4. The minimum atomic E-state index is -0.0706. The molecule has 5 heteroatoms. The van der Waals surface area contributed by atoms with Gasteiger partial charge in [0.15, 0.2) is 5.82 Å². The van der Waals surface area contributed by atoms with Crippen LogP contribution in [0.1, 0.15) is 41.6 Å². The zero-order chi connectivity index (χ0) is 22.7. The average molecular weight is 429 g/mol. The second kappa shape index (κ2) is 9.51. The number of rotatable bonds is 5. The van der Waals surface area contributed by atoms with Crippen LogP contribution >= 0.6 is 0 Å². The van der Waals surface area contributed by atoms with Crippen molar-refractivity contribution in [1.29, 1.82) is 0 Å². The summed E-state index contributed by atoms with van der Waals surface area (Å²) in [5, 5.41) is 0. The van der Waals surface area contributed by atoms with E-state index in [1.807, 2.05) is 36.1 Å². The third-order valence-corrected chi connectivity index (χ3v) is 6.44. The Bertz CT molecular complexity index is 1090. The van der Waals surface area contributed by atoms with E-state index in [-0.39, 0.29) is 11.8 Å². The second-order valence-electron chi connectivity index (χ2n) is 8.63. The maximum absolute atomic E-state index is 13.2. The molecule has 4 rings (SSSR count). The summed E-state index contributed by atoms with van der Waals surface area (Å²) >= 11 is 0. The van der Waals surface area contributed by atoms with Gasteiger partial charge in [-0.1, -0.05) is 61.0 Å². The minimum Gasteiger partial charge on any atom is -0.353 e. The summed E-state index contributed by atoms with van der Waals surface area (Å²) in [4.78, 5) is 27.3. The number of nitrogens with zero attached hydrogens (tertiary/aromatic N) is 4. The Morgan fingerprint density at radius 1 is 0.938 bits per heavy atom. The highest BCUT2D eigenvalue weighted by molar-refractivity contribution is 5.84. The molecule has 2 heterocycles. The highest BCUT2D eigenvalue weighted by Crippen LogP contribution is 2.27. The fourth-order valence-electron chi connectivity index (χ4n) is 4.43. The van der Waals surface area contributed by atoms with Crippen molar-refractivity contribution in [2.75, 3.05) is 31.1 Å². The molecule has 1 aliphatic heterocycles. The summed E-state index contributed by atoms with van der Waals surface area (Å²) in [5.41, 5.74) is 5.45. The molecule has 2 aromatic carbocycles. The molecule has 0 saturated carbocycles. The molecule has 1 aromatic heterocycles. The van der Waals surface area contributed by atoms with E-state index in [1.54, 1.807) is 0 Å². The van der Waals surface area contributed by atoms with Crippen molar-refractivity contribution in [2.45, 2.75) is 40.0 Å². The first kappa shape index (κ1) is 22.0. The van der Waals surface area contributed by atoms with Crippen molar-refractivity contribution in [3.63, 3.8) is 0 Å². The largest absolute Gasteiger partial charge is 0.353 e. The topological polar surface area (TPSA) is 49.3 Å². The molecule has 1 saturated heterocycles. The van der Waals surface area contributed by atoms with Gasteiger partial charge < -0.3 is 9.80 Å². The normalized spacial score (nSPS) is 15.0. The summed E-state index contributed by atoms with van der Waals surface area (Å²) in [6, 6.07) is 18.4. The first-order valence-corrected chi connectivity index (χ1v) is 11.5. The number of carbonyl (C=O) groups excluding carboxylic acids is 1. The lowest BCUT2D eigenvalue weighted by Gasteiger charge is -2.37. The highest BCUT2D eigenvalue weighted by Gasteiger charge is 2.28.